The van der Waals surface area contributed by atoms with Crippen LogP contribution in [0, 0.1) is 0 Å². The molecule has 0 bridgehead atoms. The first-order chi connectivity index (χ1) is 9.35. The predicted molar refractivity (Wildman–Crippen MR) is 79.1 cm³/mol. The van der Waals surface area contributed by atoms with Crippen LogP contribution < -0.4 is 5.73 Å². The SMILES string of the molecule is NCCc1ccc(CN2CCN(C3CC3)CC2)cc1. The van der Waals surface area contributed by atoms with Crippen molar-refractivity contribution < 1.29 is 0 Å². The van der Waals surface area contributed by atoms with E-state index in [4.69, 9.17) is 5.73 Å². The first kappa shape index (κ1) is 13.1. The minimum absolute atomic E-state index is 0.739. The summed E-state index contributed by atoms with van der Waals surface area (Å²) in [5, 5.41) is 0. The van der Waals surface area contributed by atoms with Gasteiger partial charge in [0.25, 0.3) is 0 Å². The topological polar surface area (TPSA) is 32.5 Å². The Morgan fingerprint density at radius 1 is 0.947 bits per heavy atom. The van der Waals surface area contributed by atoms with Crippen molar-refractivity contribution in [3.05, 3.63) is 35.4 Å². The van der Waals surface area contributed by atoms with Gasteiger partial charge in [0.15, 0.2) is 0 Å². The van der Waals surface area contributed by atoms with Crippen molar-refractivity contribution in [3.63, 3.8) is 0 Å². The summed E-state index contributed by atoms with van der Waals surface area (Å²) in [4.78, 5) is 5.25. The Bertz CT molecular complexity index is 389. The minimum atomic E-state index is 0.739. The van der Waals surface area contributed by atoms with Crippen molar-refractivity contribution in [1.29, 1.82) is 0 Å². The molecule has 2 fully saturated rings. The van der Waals surface area contributed by atoms with Crippen LogP contribution in [0.25, 0.3) is 0 Å². The fraction of sp³-hybridized carbons (Fsp3) is 0.625. The van der Waals surface area contributed by atoms with Crippen molar-refractivity contribution in [2.75, 3.05) is 32.7 Å². The van der Waals surface area contributed by atoms with Crippen molar-refractivity contribution in [1.82, 2.24) is 9.80 Å². The van der Waals surface area contributed by atoms with Gasteiger partial charge in [0.05, 0.1) is 0 Å². The van der Waals surface area contributed by atoms with Crippen molar-refractivity contribution in [2.24, 2.45) is 5.73 Å². The summed E-state index contributed by atoms with van der Waals surface area (Å²) in [6, 6.07) is 9.90. The van der Waals surface area contributed by atoms with Gasteiger partial charge in [0, 0.05) is 38.8 Å². The van der Waals surface area contributed by atoms with Gasteiger partial charge in [-0.3, -0.25) is 9.80 Å². The quantitative estimate of drug-likeness (QED) is 0.869. The van der Waals surface area contributed by atoms with E-state index in [9.17, 15) is 0 Å². The van der Waals surface area contributed by atoms with E-state index in [1.165, 1.54) is 50.1 Å². The highest BCUT2D eigenvalue weighted by atomic mass is 15.3. The van der Waals surface area contributed by atoms with E-state index in [0.29, 0.717) is 0 Å². The number of hydrogen-bond acceptors (Lipinski definition) is 3. The summed E-state index contributed by atoms with van der Waals surface area (Å²) in [6.07, 6.45) is 3.85. The van der Waals surface area contributed by atoms with Gasteiger partial charge in [0.1, 0.15) is 0 Å². The lowest BCUT2D eigenvalue weighted by atomic mass is 10.1. The molecule has 0 aromatic heterocycles. The maximum absolute atomic E-state index is 5.58. The standard InChI is InChI=1S/C16H25N3/c17-8-7-14-1-3-15(4-2-14)13-18-9-11-19(12-10-18)16-5-6-16/h1-4,16H,5-13,17H2. The molecular formula is C16H25N3. The maximum Gasteiger partial charge on any atom is 0.0234 e. The summed E-state index contributed by atoms with van der Waals surface area (Å²) < 4.78 is 0. The van der Waals surface area contributed by atoms with Crippen LogP contribution in [0.5, 0.6) is 0 Å². The van der Waals surface area contributed by atoms with Crippen LogP contribution in [0.4, 0.5) is 0 Å². The molecule has 3 nitrogen and oxygen atoms in total. The molecule has 0 radical (unpaired) electrons. The van der Waals surface area contributed by atoms with Gasteiger partial charge >= 0.3 is 0 Å². The first-order valence-electron chi connectivity index (χ1n) is 7.59. The molecule has 0 spiro atoms. The van der Waals surface area contributed by atoms with Crippen molar-refractivity contribution in [2.45, 2.75) is 31.8 Å². The molecule has 1 aliphatic heterocycles. The number of nitrogens with zero attached hydrogens (tertiary/aromatic N) is 2. The van der Waals surface area contributed by atoms with E-state index >= 15 is 0 Å². The van der Waals surface area contributed by atoms with Crippen LogP contribution in [0.2, 0.25) is 0 Å². The van der Waals surface area contributed by atoms with E-state index in [-0.39, 0.29) is 0 Å². The molecule has 1 aromatic rings. The zero-order valence-corrected chi connectivity index (χ0v) is 11.7. The van der Waals surface area contributed by atoms with Crippen molar-refractivity contribution >= 4 is 0 Å². The third-order valence-corrected chi connectivity index (χ3v) is 4.33. The third kappa shape index (κ3) is 3.56. The average molecular weight is 259 g/mol. The number of piperazine rings is 1. The second kappa shape index (κ2) is 6.04. The zero-order valence-electron chi connectivity index (χ0n) is 11.7. The molecule has 1 heterocycles. The van der Waals surface area contributed by atoms with Crippen LogP contribution >= 0.6 is 0 Å². The molecule has 1 saturated carbocycles. The lowest BCUT2D eigenvalue weighted by Gasteiger charge is -2.34. The van der Waals surface area contributed by atoms with Gasteiger partial charge in [-0.2, -0.15) is 0 Å². The molecule has 104 valence electrons. The van der Waals surface area contributed by atoms with Gasteiger partial charge in [-0.05, 0) is 36.9 Å². The fourth-order valence-corrected chi connectivity index (χ4v) is 2.96. The highest BCUT2D eigenvalue weighted by Crippen LogP contribution is 2.27. The summed E-state index contributed by atoms with van der Waals surface area (Å²) in [5.74, 6) is 0. The van der Waals surface area contributed by atoms with Gasteiger partial charge in [-0.25, -0.2) is 0 Å². The Balaban J connectivity index is 1.48. The Kier molecular flexibility index (Phi) is 4.16. The highest BCUT2D eigenvalue weighted by Gasteiger charge is 2.30. The van der Waals surface area contributed by atoms with Gasteiger partial charge < -0.3 is 5.73 Å². The molecule has 0 atom stereocenters. The minimum Gasteiger partial charge on any atom is -0.330 e. The van der Waals surface area contributed by atoms with Crippen molar-refractivity contribution in [3.8, 4) is 0 Å². The molecule has 3 heteroatoms. The smallest absolute Gasteiger partial charge is 0.0234 e. The predicted octanol–water partition coefficient (Wildman–Crippen LogP) is 1.47. The summed E-state index contributed by atoms with van der Waals surface area (Å²) in [6.45, 7) is 6.80. The van der Waals surface area contributed by atoms with Crippen LogP contribution in [0.1, 0.15) is 24.0 Å². The fourth-order valence-electron chi connectivity index (χ4n) is 2.96. The largest absolute Gasteiger partial charge is 0.330 e. The lowest BCUT2D eigenvalue weighted by Crippen LogP contribution is -2.46. The summed E-state index contributed by atoms with van der Waals surface area (Å²) in [5.41, 5.74) is 8.36. The second-order valence-corrected chi connectivity index (χ2v) is 5.90. The molecular weight excluding hydrogens is 234 g/mol. The number of hydrogen-bond donors (Lipinski definition) is 1. The second-order valence-electron chi connectivity index (χ2n) is 5.90. The lowest BCUT2D eigenvalue weighted by molar-refractivity contribution is 0.121. The van der Waals surface area contributed by atoms with E-state index in [0.717, 1.165) is 25.6 Å². The Labute approximate surface area is 116 Å². The number of benzene rings is 1. The molecule has 2 aliphatic rings. The van der Waals surface area contributed by atoms with Crippen LogP contribution in [-0.4, -0.2) is 48.6 Å². The molecule has 19 heavy (non-hydrogen) atoms. The van der Waals surface area contributed by atoms with E-state index in [2.05, 4.69) is 34.1 Å². The molecule has 1 aliphatic carbocycles. The molecule has 1 aromatic carbocycles. The zero-order chi connectivity index (χ0) is 13.1. The monoisotopic (exact) mass is 259 g/mol. The molecule has 2 N–H and O–H groups in total. The van der Waals surface area contributed by atoms with E-state index in [1.807, 2.05) is 0 Å². The number of rotatable bonds is 5. The average Bonchev–Trinajstić information content (AvgIpc) is 3.27. The van der Waals surface area contributed by atoms with E-state index in [1.54, 1.807) is 0 Å². The van der Waals surface area contributed by atoms with E-state index < -0.39 is 0 Å². The van der Waals surface area contributed by atoms with Gasteiger partial charge in [-0.1, -0.05) is 24.3 Å². The normalized spacial score (nSPS) is 21.7. The maximum atomic E-state index is 5.58. The Morgan fingerprint density at radius 2 is 1.58 bits per heavy atom. The highest BCUT2D eigenvalue weighted by molar-refractivity contribution is 5.22. The Hall–Kier alpha value is -0.900. The first-order valence-corrected chi connectivity index (χ1v) is 7.59. The summed E-state index contributed by atoms with van der Waals surface area (Å²) >= 11 is 0. The molecule has 3 rings (SSSR count). The van der Waals surface area contributed by atoms with Gasteiger partial charge in [0.2, 0.25) is 0 Å². The van der Waals surface area contributed by atoms with Crippen LogP contribution in [0.15, 0.2) is 24.3 Å². The summed E-state index contributed by atoms with van der Waals surface area (Å²) in [7, 11) is 0. The van der Waals surface area contributed by atoms with Crippen LogP contribution in [0.3, 0.4) is 0 Å². The number of nitrogens with two attached hydrogens (primary N) is 1. The Morgan fingerprint density at radius 3 is 2.16 bits per heavy atom. The molecule has 1 saturated heterocycles. The third-order valence-electron chi connectivity index (χ3n) is 4.33. The molecule has 0 amide bonds. The van der Waals surface area contributed by atoms with Gasteiger partial charge in [-0.15, -0.1) is 0 Å². The molecule has 0 unspecified atom stereocenters. The van der Waals surface area contributed by atoms with Crippen LogP contribution in [-0.2, 0) is 13.0 Å².